The number of rotatable bonds is 4. The van der Waals surface area contributed by atoms with E-state index in [1.165, 1.54) is 36.4 Å². The van der Waals surface area contributed by atoms with Crippen molar-refractivity contribution in [3.05, 3.63) is 53.8 Å². The van der Waals surface area contributed by atoms with E-state index < -0.39 is 12.2 Å². The van der Waals surface area contributed by atoms with Crippen LogP contribution >= 0.6 is 0 Å². The van der Waals surface area contributed by atoms with Crippen LogP contribution in [-0.2, 0) is 6.42 Å². The lowest BCUT2D eigenvalue weighted by Crippen LogP contribution is -2.17. The van der Waals surface area contributed by atoms with Gasteiger partial charge in [0.05, 0.1) is 0 Å². The first-order valence-electron chi connectivity index (χ1n) is 6.24. The Balaban J connectivity index is 2.40. The Kier molecular flexibility index (Phi) is 4.47. The molecular formula is C15H13F4NO. The van der Waals surface area contributed by atoms with E-state index in [-0.39, 0.29) is 5.75 Å². The van der Waals surface area contributed by atoms with Gasteiger partial charge in [-0.2, -0.15) is 0 Å². The van der Waals surface area contributed by atoms with Crippen LogP contribution in [0.15, 0.2) is 42.5 Å². The molecule has 2 rings (SSSR count). The molecule has 0 heterocycles. The molecule has 0 spiro atoms. The fourth-order valence-corrected chi connectivity index (χ4v) is 2.07. The Morgan fingerprint density at radius 3 is 2.48 bits per heavy atom. The second-order valence-corrected chi connectivity index (χ2v) is 4.42. The minimum Gasteiger partial charge on any atom is -0.406 e. The predicted octanol–water partition coefficient (Wildman–Crippen LogP) is 3.89. The van der Waals surface area contributed by atoms with E-state index in [4.69, 9.17) is 5.73 Å². The second kappa shape index (κ2) is 6.13. The SMILES string of the molecule is NCCc1cc(F)ccc1-c1cccc(OC(F)(F)F)c1. The van der Waals surface area contributed by atoms with Crippen LogP contribution < -0.4 is 10.5 Å². The molecule has 6 heteroatoms. The Hall–Kier alpha value is -2.08. The van der Waals surface area contributed by atoms with Gasteiger partial charge in [0.2, 0.25) is 0 Å². The normalized spacial score (nSPS) is 11.5. The zero-order valence-electron chi connectivity index (χ0n) is 11.0. The van der Waals surface area contributed by atoms with Crippen molar-refractivity contribution in [1.82, 2.24) is 0 Å². The highest BCUT2D eigenvalue weighted by molar-refractivity contribution is 5.68. The summed E-state index contributed by atoms with van der Waals surface area (Å²) in [6, 6.07) is 9.67. The number of benzene rings is 2. The number of hydrogen-bond donors (Lipinski definition) is 1. The summed E-state index contributed by atoms with van der Waals surface area (Å²) in [5, 5.41) is 0. The van der Waals surface area contributed by atoms with Crippen molar-refractivity contribution in [3.8, 4) is 16.9 Å². The highest BCUT2D eigenvalue weighted by Gasteiger charge is 2.31. The fraction of sp³-hybridized carbons (Fsp3) is 0.200. The summed E-state index contributed by atoms with van der Waals surface area (Å²) in [5.74, 6) is -0.729. The third-order valence-corrected chi connectivity index (χ3v) is 2.86. The average Bonchev–Trinajstić information content (AvgIpc) is 2.37. The zero-order valence-corrected chi connectivity index (χ0v) is 11.0. The van der Waals surface area contributed by atoms with Crippen molar-refractivity contribution in [2.75, 3.05) is 6.54 Å². The summed E-state index contributed by atoms with van der Waals surface area (Å²) < 4.78 is 53.9. The van der Waals surface area contributed by atoms with Crippen LogP contribution in [0, 0.1) is 5.82 Å². The van der Waals surface area contributed by atoms with Gasteiger partial charge in [-0.3, -0.25) is 0 Å². The van der Waals surface area contributed by atoms with Crippen LogP contribution in [0.1, 0.15) is 5.56 Å². The van der Waals surface area contributed by atoms with E-state index in [1.807, 2.05) is 0 Å². The van der Waals surface area contributed by atoms with Crippen LogP contribution in [0.5, 0.6) is 5.75 Å². The van der Waals surface area contributed by atoms with Crippen molar-refractivity contribution in [2.45, 2.75) is 12.8 Å². The molecular weight excluding hydrogens is 286 g/mol. The van der Waals surface area contributed by atoms with Gasteiger partial charge < -0.3 is 10.5 Å². The Morgan fingerprint density at radius 2 is 1.81 bits per heavy atom. The van der Waals surface area contributed by atoms with Gasteiger partial charge >= 0.3 is 6.36 Å². The molecule has 0 fully saturated rings. The number of nitrogens with two attached hydrogens (primary N) is 1. The van der Waals surface area contributed by atoms with E-state index in [1.54, 1.807) is 6.07 Å². The van der Waals surface area contributed by atoms with E-state index in [9.17, 15) is 17.6 Å². The van der Waals surface area contributed by atoms with Crippen molar-refractivity contribution in [3.63, 3.8) is 0 Å². The molecule has 0 aliphatic carbocycles. The smallest absolute Gasteiger partial charge is 0.406 e. The first-order valence-corrected chi connectivity index (χ1v) is 6.24. The van der Waals surface area contributed by atoms with Crippen LogP contribution in [-0.4, -0.2) is 12.9 Å². The molecule has 0 bridgehead atoms. The third kappa shape index (κ3) is 4.19. The maximum Gasteiger partial charge on any atom is 0.573 e. The Morgan fingerprint density at radius 1 is 1.05 bits per heavy atom. The molecule has 2 N–H and O–H groups in total. The highest BCUT2D eigenvalue weighted by atomic mass is 19.4. The molecule has 0 aromatic heterocycles. The van der Waals surface area contributed by atoms with Crippen LogP contribution in [0.4, 0.5) is 17.6 Å². The van der Waals surface area contributed by atoms with Gasteiger partial charge in [0, 0.05) is 0 Å². The van der Waals surface area contributed by atoms with Crippen LogP contribution in [0.25, 0.3) is 11.1 Å². The molecule has 21 heavy (non-hydrogen) atoms. The number of halogens is 4. The number of ether oxygens (including phenoxy) is 1. The molecule has 0 atom stereocenters. The fourth-order valence-electron chi connectivity index (χ4n) is 2.07. The molecule has 0 amide bonds. The summed E-state index contributed by atoms with van der Waals surface area (Å²) >= 11 is 0. The predicted molar refractivity (Wildman–Crippen MR) is 71.3 cm³/mol. The van der Waals surface area contributed by atoms with E-state index in [0.717, 1.165) is 0 Å². The van der Waals surface area contributed by atoms with Crippen molar-refractivity contribution < 1.29 is 22.3 Å². The summed E-state index contributed by atoms with van der Waals surface area (Å²) in [7, 11) is 0. The molecule has 0 aliphatic rings. The van der Waals surface area contributed by atoms with E-state index >= 15 is 0 Å². The van der Waals surface area contributed by atoms with Gasteiger partial charge in [-0.05, 0) is 53.9 Å². The molecule has 2 aromatic carbocycles. The van der Waals surface area contributed by atoms with Crippen LogP contribution in [0.3, 0.4) is 0 Å². The molecule has 2 nitrogen and oxygen atoms in total. The third-order valence-electron chi connectivity index (χ3n) is 2.86. The lowest BCUT2D eigenvalue weighted by atomic mass is 9.97. The first-order chi connectivity index (χ1) is 9.89. The van der Waals surface area contributed by atoms with Crippen molar-refractivity contribution in [1.29, 1.82) is 0 Å². The standard InChI is InChI=1S/C15H13F4NO/c16-12-4-5-14(11(8-12)6-7-20)10-2-1-3-13(9-10)21-15(17,18)19/h1-5,8-9H,6-7,20H2. The van der Waals surface area contributed by atoms with Crippen LogP contribution in [0.2, 0.25) is 0 Å². The average molecular weight is 299 g/mol. The van der Waals surface area contributed by atoms with E-state index in [0.29, 0.717) is 29.7 Å². The van der Waals surface area contributed by atoms with Gasteiger partial charge in [0.15, 0.2) is 0 Å². The van der Waals surface area contributed by atoms with Crippen molar-refractivity contribution >= 4 is 0 Å². The monoisotopic (exact) mass is 299 g/mol. The Bertz CT molecular complexity index is 625. The molecule has 0 saturated carbocycles. The lowest BCUT2D eigenvalue weighted by molar-refractivity contribution is -0.274. The summed E-state index contributed by atoms with van der Waals surface area (Å²) in [4.78, 5) is 0. The van der Waals surface area contributed by atoms with Crippen molar-refractivity contribution in [2.24, 2.45) is 5.73 Å². The van der Waals surface area contributed by atoms with Gasteiger partial charge in [0.1, 0.15) is 11.6 Å². The lowest BCUT2D eigenvalue weighted by Gasteiger charge is -2.12. The second-order valence-electron chi connectivity index (χ2n) is 4.42. The first kappa shape index (κ1) is 15.3. The summed E-state index contributed by atoms with van der Waals surface area (Å²) in [6.07, 6.45) is -4.32. The molecule has 0 saturated heterocycles. The topological polar surface area (TPSA) is 35.2 Å². The molecule has 0 radical (unpaired) electrons. The quantitative estimate of drug-likeness (QED) is 0.869. The largest absolute Gasteiger partial charge is 0.573 e. The minimum atomic E-state index is -4.75. The maximum atomic E-state index is 13.3. The minimum absolute atomic E-state index is 0.315. The van der Waals surface area contributed by atoms with Gasteiger partial charge in [-0.25, -0.2) is 4.39 Å². The Labute approximate surface area is 119 Å². The molecule has 112 valence electrons. The molecule has 2 aromatic rings. The van der Waals surface area contributed by atoms with Gasteiger partial charge in [-0.1, -0.05) is 18.2 Å². The molecule has 0 aliphatic heterocycles. The highest BCUT2D eigenvalue weighted by Crippen LogP contribution is 2.30. The number of hydrogen-bond acceptors (Lipinski definition) is 2. The maximum absolute atomic E-state index is 13.3. The van der Waals surface area contributed by atoms with Gasteiger partial charge in [-0.15, -0.1) is 13.2 Å². The zero-order chi connectivity index (χ0) is 15.5. The van der Waals surface area contributed by atoms with E-state index in [2.05, 4.69) is 4.74 Å². The summed E-state index contributed by atoms with van der Waals surface area (Å²) in [6.45, 7) is 0.315. The summed E-state index contributed by atoms with van der Waals surface area (Å²) in [5.41, 5.74) is 7.26. The molecule has 0 unspecified atom stereocenters. The van der Waals surface area contributed by atoms with Gasteiger partial charge in [0.25, 0.3) is 0 Å². The number of alkyl halides is 3.